The van der Waals surface area contributed by atoms with E-state index in [4.69, 9.17) is 0 Å². The number of benzene rings is 2. The molecule has 31 heavy (non-hydrogen) atoms. The van der Waals surface area contributed by atoms with Gasteiger partial charge in [-0.25, -0.2) is 22.2 Å². The van der Waals surface area contributed by atoms with Crippen LogP contribution < -0.4 is 10.9 Å². The third-order valence-electron chi connectivity index (χ3n) is 4.84. The Balaban J connectivity index is 2.02. The molecule has 0 aliphatic carbocycles. The van der Waals surface area contributed by atoms with Crippen LogP contribution in [0.4, 0.5) is 23.2 Å². The standard InChI is InChI=1S/C22H19F4N3O2/c1-4-17(22(31)27-21-19(25)14(23)10-15(24)20(21)26)29-18(30)8-7-16(28-29)13-9-11(2)5-6-12(13)3/h5-10,17H,4H2,1-3H3,(H,27,31)/t17-/m0/s1. The maximum atomic E-state index is 13.9. The summed E-state index contributed by atoms with van der Waals surface area (Å²) in [5.41, 5.74) is 1.13. The Morgan fingerprint density at radius 3 is 2.29 bits per heavy atom. The van der Waals surface area contributed by atoms with E-state index in [-0.39, 0.29) is 12.5 Å². The molecule has 9 heteroatoms. The van der Waals surface area contributed by atoms with Crippen LogP contribution in [0, 0.1) is 37.1 Å². The second-order valence-corrected chi connectivity index (χ2v) is 7.08. The van der Waals surface area contributed by atoms with Crippen molar-refractivity contribution in [2.45, 2.75) is 33.2 Å². The van der Waals surface area contributed by atoms with E-state index in [1.54, 1.807) is 6.92 Å². The lowest BCUT2D eigenvalue weighted by Gasteiger charge is -2.18. The van der Waals surface area contributed by atoms with Crippen LogP contribution in [0.2, 0.25) is 0 Å². The minimum atomic E-state index is -1.74. The van der Waals surface area contributed by atoms with Gasteiger partial charge in [-0.2, -0.15) is 5.10 Å². The van der Waals surface area contributed by atoms with Gasteiger partial charge >= 0.3 is 0 Å². The Morgan fingerprint density at radius 1 is 1.03 bits per heavy atom. The third-order valence-corrected chi connectivity index (χ3v) is 4.84. The zero-order chi connectivity index (χ0) is 22.9. The number of carbonyl (C=O) groups is 1. The number of rotatable bonds is 5. The first-order valence-corrected chi connectivity index (χ1v) is 9.45. The Kier molecular flexibility index (Phi) is 6.24. The van der Waals surface area contributed by atoms with Gasteiger partial charge < -0.3 is 5.32 Å². The molecule has 2 aromatic carbocycles. The van der Waals surface area contributed by atoms with Crippen molar-refractivity contribution in [2.75, 3.05) is 5.32 Å². The van der Waals surface area contributed by atoms with Gasteiger partial charge in [0.15, 0.2) is 23.3 Å². The number of aryl methyl sites for hydroxylation is 2. The van der Waals surface area contributed by atoms with Gasteiger partial charge in [0.1, 0.15) is 11.7 Å². The van der Waals surface area contributed by atoms with Gasteiger partial charge in [0, 0.05) is 17.7 Å². The minimum absolute atomic E-state index is 0.0238. The molecular weight excluding hydrogens is 414 g/mol. The molecule has 0 unspecified atom stereocenters. The predicted molar refractivity (Wildman–Crippen MR) is 108 cm³/mol. The fraction of sp³-hybridized carbons (Fsp3) is 0.227. The van der Waals surface area contributed by atoms with Gasteiger partial charge in [0.05, 0.1) is 5.69 Å². The Bertz CT molecular complexity index is 1200. The van der Waals surface area contributed by atoms with Crippen molar-refractivity contribution in [1.82, 2.24) is 9.78 Å². The average Bonchev–Trinajstić information content (AvgIpc) is 2.73. The first-order chi connectivity index (χ1) is 14.6. The number of hydrogen-bond acceptors (Lipinski definition) is 3. The zero-order valence-electron chi connectivity index (χ0n) is 17.0. The van der Waals surface area contributed by atoms with Crippen molar-refractivity contribution in [3.8, 4) is 11.3 Å². The van der Waals surface area contributed by atoms with E-state index in [0.29, 0.717) is 5.69 Å². The van der Waals surface area contributed by atoms with Crippen LogP contribution in [0.1, 0.15) is 30.5 Å². The summed E-state index contributed by atoms with van der Waals surface area (Å²) in [6.07, 6.45) is 0.0238. The van der Waals surface area contributed by atoms with Gasteiger partial charge in [-0.15, -0.1) is 0 Å². The third kappa shape index (κ3) is 4.35. The van der Waals surface area contributed by atoms with E-state index < -0.39 is 46.5 Å². The minimum Gasteiger partial charge on any atom is -0.319 e. The number of nitrogens with one attached hydrogen (secondary N) is 1. The van der Waals surface area contributed by atoms with Crippen molar-refractivity contribution in [3.05, 3.63) is 81.1 Å². The smallest absolute Gasteiger partial charge is 0.267 e. The van der Waals surface area contributed by atoms with Gasteiger partial charge in [0.25, 0.3) is 5.56 Å². The highest BCUT2D eigenvalue weighted by Gasteiger charge is 2.26. The lowest BCUT2D eigenvalue weighted by molar-refractivity contribution is -0.119. The van der Waals surface area contributed by atoms with E-state index >= 15 is 0 Å². The van der Waals surface area contributed by atoms with Crippen LogP contribution in [-0.2, 0) is 4.79 Å². The molecule has 0 fully saturated rings. The van der Waals surface area contributed by atoms with Crippen LogP contribution in [0.5, 0.6) is 0 Å². The van der Waals surface area contributed by atoms with Crippen LogP contribution in [0.25, 0.3) is 11.3 Å². The Labute approximate surface area is 175 Å². The summed E-state index contributed by atoms with van der Waals surface area (Å²) < 4.78 is 55.7. The number of anilines is 1. The first kappa shape index (κ1) is 22.2. The second kappa shape index (κ2) is 8.71. The van der Waals surface area contributed by atoms with Crippen LogP contribution >= 0.6 is 0 Å². The van der Waals surface area contributed by atoms with Crippen molar-refractivity contribution in [3.63, 3.8) is 0 Å². The molecule has 3 aromatic rings. The van der Waals surface area contributed by atoms with Gasteiger partial charge in [0.2, 0.25) is 5.91 Å². The Morgan fingerprint density at radius 2 is 1.68 bits per heavy atom. The lowest BCUT2D eigenvalue weighted by Crippen LogP contribution is -2.35. The lowest BCUT2D eigenvalue weighted by atomic mass is 10.0. The SMILES string of the molecule is CC[C@@H](C(=O)Nc1c(F)c(F)cc(F)c1F)n1nc(-c2cc(C)ccc2C)ccc1=O. The average molecular weight is 433 g/mol. The fourth-order valence-electron chi connectivity index (χ4n) is 3.16. The zero-order valence-corrected chi connectivity index (χ0v) is 17.0. The molecule has 1 N–H and O–H groups in total. The number of hydrogen-bond donors (Lipinski definition) is 1. The van der Waals surface area contributed by atoms with E-state index in [2.05, 4.69) is 5.10 Å². The molecule has 1 heterocycles. The second-order valence-electron chi connectivity index (χ2n) is 7.08. The van der Waals surface area contributed by atoms with Crippen molar-refractivity contribution in [2.24, 2.45) is 0 Å². The summed E-state index contributed by atoms with van der Waals surface area (Å²) in [6.45, 7) is 5.31. The molecule has 0 saturated carbocycles. The summed E-state index contributed by atoms with van der Waals surface area (Å²) in [6, 6.07) is 7.16. The topological polar surface area (TPSA) is 64.0 Å². The molecule has 5 nitrogen and oxygen atoms in total. The highest BCUT2D eigenvalue weighted by atomic mass is 19.2. The molecule has 1 atom stereocenters. The molecule has 0 radical (unpaired) electrons. The van der Waals surface area contributed by atoms with Crippen molar-refractivity contribution in [1.29, 1.82) is 0 Å². The molecule has 0 aliphatic rings. The molecule has 1 amide bonds. The van der Waals surface area contributed by atoms with Gasteiger partial charge in [-0.1, -0.05) is 24.6 Å². The highest BCUT2D eigenvalue weighted by Crippen LogP contribution is 2.26. The number of carbonyl (C=O) groups excluding carboxylic acids is 1. The summed E-state index contributed by atoms with van der Waals surface area (Å²) >= 11 is 0. The quantitative estimate of drug-likeness (QED) is 0.470. The summed E-state index contributed by atoms with van der Waals surface area (Å²) in [7, 11) is 0. The number of amides is 1. The monoisotopic (exact) mass is 433 g/mol. The highest BCUT2D eigenvalue weighted by molar-refractivity contribution is 5.94. The maximum absolute atomic E-state index is 13.9. The molecular formula is C22H19F4N3O2. The van der Waals surface area contributed by atoms with Crippen LogP contribution in [-0.4, -0.2) is 15.7 Å². The number of aromatic nitrogens is 2. The molecule has 0 saturated heterocycles. The van der Waals surface area contributed by atoms with Crippen molar-refractivity contribution >= 4 is 11.6 Å². The van der Waals surface area contributed by atoms with Crippen LogP contribution in [0.3, 0.4) is 0 Å². The first-order valence-electron chi connectivity index (χ1n) is 9.45. The summed E-state index contributed by atoms with van der Waals surface area (Å²) in [5, 5.41) is 6.11. The van der Waals surface area contributed by atoms with E-state index in [1.165, 1.54) is 12.1 Å². The molecule has 162 valence electrons. The molecule has 1 aromatic heterocycles. The normalized spacial score (nSPS) is 12.0. The maximum Gasteiger partial charge on any atom is 0.267 e. The summed E-state index contributed by atoms with van der Waals surface area (Å²) in [5.74, 6) is -7.85. The summed E-state index contributed by atoms with van der Waals surface area (Å²) in [4.78, 5) is 25.1. The van der Waals surface area contributed by atoms with E-state index in [1.807, 2.05) is 37.4 Å². The van der Waals surface area contributed by atoms with Gasteiger partial charge in [-0.3, -0.25) is 9.59 Å². The number of nitrogens with zero attached hydrogens (tertiary/aromatic N) is 2. The van der Waals surface area contributed by atoms with Crippen LogP contribution in [0.15, 0.2) is 41.2 Å². The largest absolute Gasteiger partial charge is 0.319 e. The molecule has 0 spiro atoms. The van der Waals surface area contributed by atoms with E-state index in [9.17, 15) is 27.2 Å². The Hall–Kier alpha value is -3.49. The molecule has 0 aliphatic heterocycles. The fourth-order valence-corrected chi connectivity index (χ4v) is 3.16. The van der Waals surface area contributed by atoms with E-state index in [0.717, 1.165) is 21.4 Å². The molecule has 3 rings (SSSR count). The van der Waals surface area contributed by atoms with Gasteiger partial charge in [-0.05, 0) is 38.0 Å². The predicted octanol–water partition coefficient (Wildman–Crippen LogP) is 4.67. The number of halogens is 4. The van der Waals surface area contributed by atoms with Crippen molar-refractivity contribution < 1.29 is 22.4 Å². The molecule has 0 bridgehead atoms.